The van der Waals surface area contributed by atoms with E-state index in [0.29, 0.717) is 12.0 Å². The van der Waals surface area contributed by atoms with E-state index < -0.39 is 5.60 Å². The summed E-state index contributed by atoms with van der Waals surface area (Å²) in [6.07, 6.45) is 3.08. The topological polar surface area (TPSA) is 59.1 Å². The minimum absolute atomic E-state index is 0.0483. The van der Waals surface area contributed by atoms with Crippen molar-refractivity contribution < 1.29 is 19.4 Å². The van der Waals surface area contributed by atoms with Crippen molar-refractivity contribution in [2.75, 3.05) is 0 Å². The molecular formula is C15H20O4. The molecule has 2 saturated carbocycles. The smallest absolute Gasteiger partial charge is 0.334 e. The second-order valence-electron chi connectivity index (χ2n) is 7.10. The number of fused-ring (bicyclic) bond motifs is 2. The number of hydrogen-bond donors (Lipinski definition) is 1. The Balaban J connectivity index is 1.82. The van der Waals surface area contributed by atoms with Gasteiger partial charge in [-0.15, -0.1) is 0 Å². The molecule has 0 bridgehead atoms. The number of epoxide rings is 1. The summed E-state index contributed by atoms with van der Waals surface area (Å²) in [6, 6.07) is 0. The predicted octanol–water partition coefficient (Wildman–Crippen LogP) is 1.57. The number of rotatable bonds is 0. The van der Waals surface area contributed by atoms with Gasteiger partial charge in [-0.2, -0.15) is 0 Å². The molecule has 0 aromatic rings. The largest absolute Gasteiger partial charge is 0.458 e. The monoisotopic (exact) mass is 264 g/mol. The van der Waals surface area contributed by atoms with Gasteiger partial charge in [0.25, 0.3) is 0 Å². The summed E-state index contributed by atoms with van der Waals surface area (Å²) >= 11 is 0. The van der Waals surface area contributed by atoms with Crippen LogP contribution in [0.4, 0.5) is 0 Å². The molecule has 4 rings (SSSR count). The van der Waals surface area contributed by atoms with Gasteiger partial charge in [0.1, 0.15) is 11.7 Å². The normalized spacial score (nSPS) is 59.0. The van der Waals surface area contributed by atoms with E-state index in [1.165, 1.54) is 0 Å². The molecule has 1 spiro atoms. The molecule has 4 heteroatoms. The number of aliphatic hydroxyl groups is 1. The first-order chi connectivity index (χ1) is 8.81. The summed E-state index contributed by atoms with van der Waals surface area (Å²) < 4.78 is 11.7. The fourth-order valence-corrected chi connectivity index (χ4v) is 4.92. The Labute approximate surface area is 112 Å². The zero-order valence-electron chi connectivity index (χ0n) is 11.4. The molecule has 2 saturated heterocycles. The summed E-state index contributed by atoms with van der Waals surface area (Å²) in [4.78, 5) is 11.8. The van der Waals surface area contributed by atoms with E-state index in [4.69, 9.17) is 9.47 Å². The van der Waals surface area contributed by atoms with Crippen molar-refractivity contribution in [2.45, 2.75) is 62.4 Å². The van der Waals surface area contributed by atoms with Gasteiger partial charge < -0.3 is 14.6 Å². The highest BCUT2D eigenvalue weighted by Crippen LogP contribution is 2.69. The summed E-state index contributed by atoms with van der Waals surface area (Å²) in [5.74, 6) is -0.370. The SMILES string of the molecule is C=C1C(=O)O[C@@H]2[C@@H]1CC[C@]1(C)O[C@@]13CC[C@@](C)(O)[C@H]23. The quantitative estimate of drug-likeness (QED) is 0.410. The van der Waals surface area contributed by atoms with E-state index in [1.54, 1.807) is 0 Å². The molecule has 0 aromatic carbocycles. The zero-order valence-corrected chi connectivity index (χ0v) is 11.4. The van der Waals surface area contributed by atoms with Gasteiger partial charge in [-0.1, -0.05) is 6.58 Å². The molecule has 2 aliphatic heterocycles. The van der Waals surface area contributed by atoms with Crippen LogP contribution in [-0.4, -0.2) is 34.0 Å². The van der Waals surface area contributed by atoms with E-state index in [0.717, 1.165) is 19.3 Å². The molecule has 0 unspecified atom stereocenters. The van der Waals surface area contributed by atoms with Crippen LogP contribution < -0.4 is 0 Å². The highest BCUT2D eigenvalue weighted by Gasteiger charge is 2.79. The molecule has 0 radical (unpaired) electrons. The number of ether oxygens (including phenoxy) is 2. The van der Waals surface area contributed by atoms with Crippen LogP contribution >= 0.6 is 0 Å². The van der Waals surface area contributed by atoms with Crippen molar-refractivity contribution >= 4 is 5.97 Å². The fraction of sp³-hybridized carbons (Fsp3) is 0.800. The first-order valence-electron chi connectivity index (χ1n) is 7.13. The van der Waals surface area contributed by atoms with Crippen LogP contribution in [0.1, 0.15) is 39.5 Å². The molecule has 6 atom stereocenters. The molecule has 104 valence electrons. The number of hydrogen-bond acceptors (Lipinski definition) is 4. The van der Waals surface area contributed by atoms with Crippen molar-refractivity contribution in [3.63, 3.8) is 0 Å². The molecule has 0 aromatic heterocycles. The Morgan fingerprint density at radius 3 is 2.79 bits per heavy atom. The summed E-state index contributed by atoms with van der Waals surface area (Å²) in [5, 5.41) is 10.7. The predicted molar refractivity (Wildman–Crippen MR) is 67.3 cm³/mol. The Bertz CT molecular complexity index is 496. The summed E-state index contributed by atoms with van der Waals surface area (Å²) in [7, 11) is 0. The average Bonchev–Trinajstić information content (AvgIpc) is 2.70. The van der Waals surface area contributed by atoms with Crippen molar-refractivity contribution in [2.24, 2.45) is 11.8 Å². The van der Waals surface area contributed by atoms with Crippen molar-refractivity contribution in [1.29, 1.82) is 0 Å². The lowest BCUT2D eigenvalue weighted by Gasteiger charge is -2.33. The molecule has 0 amide bonds. The van der Waals surface area contributed by atoms with Crippen molar-refractivity contribution in [3.8, 4) is 0 Å². The fourth-order valence-electron chi connectivity index (χ4n) is 4.92. The summed E-state index contributed by atoms with van der Waals surface area (Å²) in [5.41, 5.74) is -0.695. The van der Waals surface area contributed by atoms with E-state index in [2.05, 4.69) is 13.5 Å². The van der Waals surface area contributed by atoms with Gasteiger partial charge in [-0.05, 0) is 39.5 Å². The highest BCUT2D eigenvalue weighted by atomic mass is 16.6. The van der Waals surface area contributed by atoms with Crippen LogP contribution in [0.15, 0.2) is 12.2 Å². The Kier molecular flexibility index (Phi) is 1.92. The number of esters is 1. The third-order valence-corrected chi connectivity index (χ3v) is 6.05. The molecule has 1 N–H and O–H groups in total. The lowest BCUT2D eigenvalue weighted by Crippen LogP contribution is -2.46. The number of carbonyl (C=O) groups excluding carboxylic acids is 1. The highest BCUT2D eigenvalue weighted by molar-refractivity contribution is 5.91. The van der Waals surface area contributed by atoms with Gasteiger partial charge in [0.05, 0.1) is 17.1 Å². The van der Waals surface area contributed by atoms with E-state index in [1.807, 2.05) is 6.92 Å². The maximum Gasteiger partial charge on any atom is 0.334 e. The molecule has 4 nitrogen and oxygen atoms in total. The van der Waals surface area contributed by atoms with Crippen molar-refractivity contribution in [1.82, 2.24) is 0 Å². The molecule has 4 fully saturated rings. The molecule has 2 aliphatic carbocycles. The second kappa shape index (κ2) is 3.07. The van der Waals surface area contributed by atoms with Gasteiger partial charge in [0.15, 0.2) is 0 Å². The third kappa shape index (κ3) is 1.20. The van der Waals surface area contributed by atoms with Crippen molar-refractivity contribution in [3.05, 3.63) is 12.2 Å². The van der Waals surface area contributed by atoms with Gasteiger partial charge >= 0.3 is 5.97 Å². The van der Waals surface area contributed by atoms with Crippen LogP contribution in [0.25, 0.3) is 0 Å². The molecule has 4 aliphatic rings. The molecule has 19 heavy (non-hydrogen) atoms. The van der Waals surface area contributed by atoms with Gasteiger partial charge in [-0.3, -0.25) is 0 Å². The standard InChI is InChI=1S/C15H20O4/c1-8-9-4-5-14(3)15(19-14)7-6-13(2,17)11(15)10(9)18-12(8)16/h9-11,17H,1,4-7H2,2-3H3/t9-,10-,11+,13-,14+,15-/m1/s1. The minimum atomic E-state index is -0.823. The van der Waals surface area contributed by atoms with Gasteiger partial charge in [0, 0.05) is 11.5 Å². The number of carbonyl (C=O) groups is 1. The van der Waals surface area contributed by atoms with E-state index in [-0.39, 0.29) is 35.1 Å². The second-order valence-corrected chi connectivity index (χ2v) is 7.10. The first kappa shape index (κ1) is 11.9. The lowest BCUT2D eigenvalue weighted by atomic mass is 9.76. The van der Waals surface area contributed by atoms with Gasteiger partial charge in [-0.25, -0.2) is 4.79 Å². The molecule has 2 heterocycles. The van der Waals surface area contributed by atoms with Crippen LogP contribution in [-0.2, 0) is 14.3 Å². The van der Waals surface area contributed by atoms with Crippen LogP contribution in [0.3, 0.4) is 0 Å². The zero-order chi connectivity index (χ0) is 13.6. The van der Waals surface area contributed by atoms with E-state index >= 15 is 0 Å². The van der Waals surface area contributed by atoms with Gasteiger partial charge in [0.2, 0.25) is 0 Å². The third-order valence-electron chi connectivity index (χ3n) is 6.05. The van der Waals surface area contributed by atoms with Crippen LogP contribution in [0.2, 0.25) is 0 Å². The van der Waals surface area contributed by atoms with E-state index in [9.17, 15) is 9.90 Å². The maximum atomic E-state index is 11.8. The first-order valence-corrected chi connectivity index (χ1v) is 7.13. The average molecular weight is 264 g/mol. The Morgan fingerprint density at radius 2 is 2.05 bits per heavy atom. The van der Waals surface area contributed by atoms with Crippen LogP contribution in [0.5, 0.6) is 0 Å². The lowest BCUT2D eigenvalue weighted by molar-refractivity contribution is -0.147. The molecular weight excluding hydrogens is 244 g/mol. The maximum absolute atomic E-state index is 11.8. The Hall–Kier alpha value is -0.870. The Morgan fingerprint density at radius 1 is 1.32 bits per heavy atom. The van der Waals surface area contributed by atoms with Crippen LogP contribution in [0, 0.1) is 11.8 Å². The minimum Gasteiger partial charge on any atom is -0.458 e. The summed E-state index contributed by atoms with van der Waals surface area (Å²) in [6.45, 7) is 7.87.